The Hall–Kier alpha value is -1.36. The fraction of sp³-hybridized carbons (Fsp3) is 0.692. The van der Waals surface area contributed by atoms with Crippen LogP contribution >= 0.6 is 0 Å². The van der Waals surface area contributed by atoms with Gasteiger partial charge in [0.15, 0.2) is 0 Å². The largest absolute Gasteiger partial charge is 0.481 e. The lowest BCUT2D eigenvalue weighted by Gasteiger charge is -2.34. The van der Waals surface area contributed by atoms with Crippen LogP contribution in [-0.4, -0.2) is 43.8 Å². The number of anilines is 1. The van der Waals surface area contributed by atoms with Gasteiger partial charge in [-0.1, -0.05) is 0 Å². The summed E-state index contributed by atoms with van der Waals surface area (Å²) < 4.78 is 5.26. The molecule has 1 N–H and O–H groups in total. The topological polar surface area (TPSA) is 50.3 Å². The third-order valence-corrected chi connectivity index (χ3v) is 3.52. The zero-order valence-electron chi connectivity index (χ0n) is 11.4. The second kappa shape index (κ2) is 6.00. The van der Waals surface area contributed by atoms with Gasteiger partial charge in [-0.25, -0.2) is 9.97 Å². The Balaban J connectivity index is 2.15. The fourth-order valence-electron chi connectivity index (χ4n) is 2.66. The van der Waals surface area contributed by atoms with Crippen LogP contribution in [0.15, 0.2) is 6.33 Å². The summed E-state index contributed by atoms with van der Waals surface area (Å²) in [7, 11) is 3.66. The van der Waals surface area contributed by atoms with Gasteiger partial charge in [0, 0.05) is 13.1 Å². The molecule has 100 valence electrons. The number of aromatic nitrogens is 2. The molecule has 1 fully saturated rings. The van der Waals surface area contributed by atoms with Crippen molar-refractivity contribution in [1.82, 2.24) is 15.3 Å². The standard InChI is InChI=1S/C13H22N4O/c1-10-12(15-9-16-13(10)18-3)17-6-4-5-11(8-17)7-14-2/h9,11,14H,4-8H2,1-3H3. The van der Waals surface area contributed by atoms with Crippen LogP contribution in [0.2, 0.25) is 0 Å². The van der Waals surface area contributed by atoms with Crippen LogP contribution in [0.4, 0.5) is 5.82 Å². The van der Waals surface area contributed by atoms with E-state index in [0.29, 0.717) is 11.8 Å². The summed E-state index contributed by atoms with van der Waals surface area (Å²) in [5, 5.41) is 3.26. The summed E-state index contributed by atoms with van der Waals surface area (Å²) in [6, 6.07) is 0. The lowest BCUT2D eigenvalue weighted by atomic mass is 9.98. The molecule has 1 aromatic heterocycles. The van der Waals surface area contributed by atoms with Gasteiger partial charge in [0.05, 0.1) is 12.7 Å². The minimum absolute atomic E-state index is 0.677. The Morgan fingerprint density at radius 2 is 2.33 bits per heavy atom. The Kier molecular flexibility index (Phi) is 4.36. The predicted octanol–water partition coefficient (Wildman–Crippen LogP) is 1.23. The van der Waals surface area contributed by atoms with Gasteiger partial charge in [-0.2, -0.15) is 0 Å². The molecule has 1 atom stereocenters. The molecule has 0 spiro atoms. The van der Waals surface area contributed by atoms with Gasteiger partial charge in [0.2, 0.25) is 5.88 Å². The van der Waals surface area contributed by atoms with Crippen LogP contribution in [0.3, 0.4) is 0 Å². The van der Waals surface area contributed by atoms with Crippen LogP contribution < -0.4 is 15.0 Å². The van der Waals surface area contributed by atoms with Crippen LogP contribution in [0.25, 0.3) is 0 Å². The number of ether oxygens (including phenoxy) is 1. The van der Waals surface area contributed by atoms with Crippen molar-refractivity contribution in [3.05, 3.63) is 11.9 Å². The Bertz CT molecular complexity index is 395. The molecule has 0 aliphatic carbocycles. The fourth-order valence-corrected chi connectivity index (χ4v) is 2.66. The quantitative estimate of drug-likeness (QED) is 0.871. The molecular formula is C13H22N4O. The van der Waals surface area contributed by atoms with Gasteiger partial charge in [-0.15, -0.1) is 0 Å². The molecule has 1 aliphatic rings. The van der Waals surface area contributed by atoms with E-state index in [4.69, 9.17) is 4.74 Å². The second-order valence-electron chi connectivity index (χ2n) is 4.84. The lowest BCUT2D eigenvalue weighted by molar-refractivity contribution is 0.387. The molecule has 0 radical (unpaired) electrons. The SMILES string of the molecule is CNCC1CCCN(c2ncnc(OC)c2C)C1. The maximum absolute atomic E-state index is 5.26. The highest BCUT2D eigenvalue weighted by atomic mass is 16.5. The van der Waals surface area contributed by atoms with Crippen molar-refractivity contribution >= 4 is 5.82 Å². The van der Waals surface area contributed by atoms with E-state index >= 15 is 0 Å². The lowest BCUT2D eigenvalue weighted by Crippen LogP contribution is -2.39. The van der Waals surface area contributed by atoms with Gasteiger partial charge in [-0.3, -0.25) is 0 Å². The molecule has 1 aromatic rings. The van der Waals surface area contributed by atoms with Crippen molar-refractivity contribution in [1.29, 1.82) is 0 Å². The van der Waals surface area contributed by atoms with E-state index in [-0.39, 0.29) is 0 Å². The Morgan fingerprint density at radius 1 is 1.50 bits per heavy atom. The van der Waals surface area contributed by atoms with E-state index < -0.39 is 0 Å². The van der Waals surface area contributed by atoms with E-state index in [0.717, 1.165) is 31.0 Å². The van der Waals surface area contributed by atoms with Crippen LogP contribution in [0, 0.1) is 12.8 Å². The van der Waals surface area contributed by atoms with Crippen molar-refractivity contribution in [3.8, 4) is 5.88 Å². The first kappa shape index (κ1) is 13.1. The molecule has 1 unspecified atom stereocenters. The molecule has 1 aliphatic heterocycles. The summed E-state index contributed by atoms with van der Waals surface area (Å²) in [4.78, 5) is 10.9. The molecule has 18 heavy (non-hydrogen) atoms. The maximum atomic E-state index is 5.26. The molecular weight excluding hydrogens is 228 g/mol. The number of methoxy groups -OCH3 is 1. The molecule has 1 saturated heterocycles. The summed E-state index contributed by atoms with van der Waals surface area (Å²) in [5.74, 6) is 2.39. The van der Waals surface area contributed by atoms with Gasteiger partial charge in [-0.05, 0) is 39.3 Å². The van der Waals surface area contributed by atoms with Gasteiger partial charge < -0.3 is 15.0 Å². The van der Waals surface area contributed by atoms with E-state index in [2.05, 4.69) is 20.2 Å². The number of rotatable bonds is 4. The van der Waals surface area contributed by atoms with E-state index in [1.165, 1.54) is 12.8 Å². The molecule has 0 bridgehead atoms. The van der Waals surface area contributed by atoms with Crippen molar-refractivity contribution in [3.63, 3.8) is 0 Å². The van der Waals surface area contributed by atoms with Gasteiger partial charge in [0.1, 0.15) is 12.1 Å². The van der Waals surface area contributed by atoms with E-state index in [1.54, 1.807) is 13.4 Å². The predicted molar refractivity (Wildman–Crippen MR) is 72.2 cm³/mol. The van der Waals surface area contributed by atoms with E-state index in [9.17, 15) is 0 Å². The number of nitrogens with one attached hydrogen (secondary N) is 1. The second-order valence-corrected chi connectivity index (χ2v) is 4.84. The first-order valence-electron chi connectivity index (χ1n) is 6.51. The summed E-state index contributed by atoms with van der Waals surface area (Å²) in [6.45, 7) is 5.22. The monoisotopic (exact) mass is 250 g/mol. The maximum Gasteiger partial charge on any atom is 0.221 e. The summed E-state index contributed by atoms with van der Waals surface area (Å²) in [5.41, 5.74) is 1.03. The molecule has 0 saturated carbocycles. The van der Waals surface area contributed by atoms with Crippen molar-refractivity contribution in [2.45, 2.75) is 19.8 Å². The Morgan fingerprint density at radius 3 is 3.06 bits per heavy atom. The molecule has 2 heterocycles. The highest BCUT2D eigenvalue weighted by molar-refractivity contribution is 5.50. The van der Waals surface area contributed by atoms with E-state index in [1.807, 2.05) is 14.0 Å². The zero-order valence-corrected chi connectivity index (χ0v) is 11.4. The van der Waals surface area contributed by atoms with Crippen molar-refractivity contribution < 1.29 is 4.74 Å². The third kappa shape index (κ3) is 2.72. The van der Waals surface area contributed by atoms with Gasteiger partial charge in [0.25, 0.3) is 0 Å². The average Bonchev–Trinajstić information content (AvgIpc) is 2.40. The van der Waals surface area contributed by atoms with Crippen LogP contribution in [-0.2, 0) is 0 Å². The van der Waals surface area contributed by atoms with Crippen molar-refractivity contribution in [2.75, 3.05) is 38.7 Å². The third-order valence-electron chi connectivity index (χ3n) is 3.52. The van der Waals surface area contributed by atoms with Crippen molar-refractivity contribution in [2.24, 2.45) is 5.92 Å². The molecule has 5 nitrogen and oxygen atoms in total. The minimum atomic E-state index is 0.677. The molecule has 0 amide bonds. The molecule has 5 heteroatoms. The molecule has 2 rings (SSSR count). The zero-order chi connectivity index (χ0) is 13.0. The Labute approximate surface area is 109 Å². The smallest absolute Gasteiger partial charge is 0.221 e. The van der Waals surface area contributed by atoms with Crippen LogP contribution in [0.5, 0.6) is 5.88 Å². The molecule has 0 aromatic carbocycles. The number of hydrogen-bond donors (Lipinski definition) is 1. The number of piperidine rings is 1. The minimum Gasteiger partial charge on any atom is -0.481 e. The first-order chi connectivity index (χ1) is 8.76. The average molecular weight is 250 g/mol. The number of hydrogen-bond acceptors (Lipinski definition) is 5. The first-order valence-corrected chi connectivity index (χ1v) is 6.51. The highest BCUT2D eigenvalue weighted by Crippen LogP contribution is 2.27. The summed E-state index contributed by atoms with van der Waals surface area (Å²) in [6.07, 6.45) is 4.10. The normalized spacial score (nSPS) is 19.9. The van der Waals surface area contributed by atoms with Crippen LogP contribution in [0.1, 0.15) is 18.4 Å². The van der Waals surface area contributed by atoms with Gasteiger partial charge >= 0.3 is 0 Å². The summed E-state index contributed by atoms with van der Waals surface area (Å²) >= 11 is 0. The highest BCUT2D eigenvalue weighted by Gasteiger charge is 2.22. The number of nitrogens with zero attached hydrogens (tertiary/aromatic N) is 3.